The van der Waals surface area contributed by atoms with Gasteiger partial charge in [-0.25, -0.2) is 4.98 Å². The maximum Gasteiger partial charge on any atom is 0.227 e. The van der Waals surface area contributed by atoms with Crippen molar-refractivity contribution < 1.29 is 4.42 Å². The summed E-state index contributed by atoms with van der Waals surface area (Å²) in [6, 6.07) is 59.2. The number of fused-ring (bicyclic) bond motifs is 10. The van der Waals surface area contributed by atoms with Gasteiger partial charge in [0.15, 0.2) is 5.58 Å². The topological polar surface area (TPSA) is 26.0 Å². The highest BCUT2D eigenvalue weighted by molar-refractivity contribution is 7.25. The van der Waals surface area contributed by atoms with E-state index in [-0.39, 0.29) is 0 Å². The molecule has 2 heterocycles. The van der Waals surface area contributed by atoms with Crippen LogP contribution >= 0.6 is 11.3 Å². The Bertz CT molecular complexity index is 3090. The number of aromatic nitrogens is 1. The second-order valence-electron chi connectivity index (χ2n) is 13.0. The van der Waals surface area contributed by atoms with Crippen LogP contribution in [-0.4, -0.2) is 4.98 Å². The average Bonchev–Trinajstić information content (AvgIpc) is 3.79. The van der Waals surface area contributed by atoms with E-state index < -0.39 is 0 Å². The van der Waals surface area contributed by atoms with Crippen molar-refractivity contribution in [3.8, 4) is 33.7 Å². The Morgan fingerprint density at radius 2 is 0.940 bits per heavy atom. The molecule has 0 aliphatic carbocycles. The van der Waals surface area contributed by atoms with Crippen LogP contribution in [0.4, 0.5) is 0 Å². The predicted octanol–water partition coefficient (Wildman–Crippen LogP) is 13.8. The summed E-state index contributed by atoms with van der Waals surface area (Å²) in [5.74, 6) is 0.641. The maximum atomic E-state index is 6.57. The molecule has 0 bridgehead atoms. The van der Waals surface area contributed by atoms with Crippen LogP contribution in [0, 0.1) is 0 Å². The summed E-state index contributed by atoms with van der Waals surface area (Å²) in [7, 11) is 0. The van der Waals surface area contributed by atoms with E-state index in [2.05, 4.69) is 133 Å². The van der Waals surface area contributed by atoms with E-state index in [0.29, 0.717) is 5.89 Å². The van der Waals surface area contributed by atoms with Crippen molar-refractivity contribution in [1.29, 1.82) is 0 Å². The van der Waals surface area contributed by atoms with Crippen molar-refractivity contribution in [2.24, 2.45) is 0 Å². The number of thiophene rings is 1. The molecule has 11 rings (SSSR count). The molecule has 0 aliphatic heterocycles. The third kappa shape index (κ3) is 4.05. The fourth-order valence-electron chi connectivity index (χ4n) is 8.01. The molecule has 0 fully saturated rings. The van der Waals surface area contributed by atoms with E-state index in [0.717, 1.165) is 32.8 Å². The molecular weight excluding hydrogens is 627 g/mol. The zero-order valence-electron chi connectivity index (χ0n) is 26.9. The monoisotopic (exact) mass is 653 g/mol. The van der Waals surface area contributed by atoms with Crippen LogP contribution in [0.5, 0.6) is 0 Å². The van der Waals surface area contributed by atoms with Crippen LogP contribution in [0.15, 0.2) is 168 Å². The molecule has 2 nitrogen and oxygen atoms in total. The Morgan fingerprint density at radius 1 is 0.400 bits per heavy atom. The Kier molecular flexibility index (Phi) is 5.86. The van der Waals surface area contributed by atoms with Gasteiger partial charge in [0.25, 0.3) is 0 Å². The van der Waals surface area contributed by atoms with Crippen molar-refractivity contribution in [3.63, 3.8) is 0 Å². The van der Waals surface area contributed by atoms with E-state index in [9.17, 15) is 0 Å². The first-order valence-corrected chi connectivity index (χ1v) is 17.8. The first-order chi connectivity index (χ1) is 24.8. The molecule has 0 unspecified atom stereocenters. The van der Waals surface area contributed by atoms with Crippen LogP contribution in [0.2, 0.25) is 0 Å². The fraction of sp³-hybridized carbons (Fsp3) is 0. The summed E-state index contributed by atoms with van der Waals surface area (Å²) in [4.78, 5) is 4.91. The highest BCUT2D eigenvalue weighted by atomic mass is 32.1. The van der Waals surface area contributed by atoms with Crippen molar-refractivity contribution in [2.75, 3.05) is 0 Å². The van der Waals surface area contributed by atoms with Crippen LogP contribution in [0.25, 0.3) is 108 Å². The Labute approximate surface area is 291 Å². The molecule has 9 aromatic carbocycles. The van der Waals surface area contributed by atoms with Crippen LogP contribution in [-0.2, 0) is 0 Å². The summed E-state index contributed by atoms with van der Waals surface area (Å²) >= 11 is 1.86. The number of rotatable bonds is 3. The molecule has 2 aromatic heterocycles. The molecule has 0 spiro atoms. The molecule has 0 aliphatic rings. The van der Waals surface area contributed by atoms with Gasteiger partial charge in [-0.2, -0.15) is 0 Å². The molecule has 3 heteroatoms. The Morgan fingerprint density at radius 3 is 1.66 bits per heavy atom. The first kappa shape index (κ1) is 27.6. The van der Waals surface area contributed by atoms with Gasteiger partial charge in [0.1, 0.15) is 5.52 Å². The number of benzene rings is 9. The van der Waals surface area contributed by atoms with E-state index >= 15 is 0 Å². The molecule has 11 aromatic rings. The molecule has 50 heavy (non-hydrogen) atoms. The summed E-state index contributed by atoms with van der Waals surface area (Å²) in [6.07, 6.45) is 0. The number of oxazole rings is 1. The lowest BCUT2D eigenvalue weighted by Crippen LogP contribution is -1.91. The van der Waals surface area contributed by atoms with Gasteiger partial charge in [-0.05, 0) is 102 Å². The van der Waals surface area contributed by atoms with Crippen molar-refractivity contribution >= 4 is 85.7 Å². The van der Waals surface area contributed by atoms with Crippen LogP contribution in [0.1, 0.15) is 0 Å². The summed E-state index contributed by atoms with van der Waals surface area (Å²) in [6.45, 7) is 0. The van der Waals surface area contributed by atoms with Gasteiger partial charge < -0.3 is 4.42 Å². The lowest BCUT2D eigenvalue weighted by molar-refractivity contribution is 0.623. The van der Waals surface area contributed by atoms with Gasteiger partial charge >= 0.3 is 0 Å². The van der Waals surface area contributed by atoms with Gasteiger partial charge in [-0.3, -0.25) is 0 Å². The van der Waals surface area contributed by atoms with E-state index in [1.54, 1.807) is 0 Å². The highest BCUT2D eigenvalue weighted by Crippen LogP contribution is 2.46. The molecule has 0 amide bonds. The zero-order chi connectivity index (χ0) is 32.8. The first-order valence-electron chi connectivity index (χ1n) is 17.0. The minimum absolute atomic E-state index is 0.641. The van der Waals surface area contributed by atoms with E-state index in [1.165, 1.54) is 69.4 Å². The van der Waals surface area contributed by atoms with Gasteiger partial charge in [0.05, 0.1) is 0 Å². The van der Waals surface area contributed by atoms with Gasteiger partial charge in [0.2, 0.25) is 5.89 Å². The average molecular weight is 654 g/mol. The Hall–Kier alpha value is -6.29. The quantitative estimate of drug-likeness (QED) is 0.140. The van der Waals surface area contributed by atoms with Crippen LogP contribution < -0.4 is 0 Å². The third-order valence-electron chi connectivity index (χ3n) is 10.3. The normalized spacial score (nSPS) is 12.0. The molecule has 0 atom stereocenters. The molecule has 0 radical (unpaired) electrons. The van der Waals surface area contributed by atoms with Crippen molar-refractivity contribution in [1.82, 2.24) is 4.98 Å². The number of nitrogens with zero attached hydrogens (tertiary/aromatic N) is 1. The highest BCUT2D eigenvalue weighted by Gasteiger charge is 2.19. The minimum Gasteiger partial charge on any atom is -0.435 e. The third-order valence-corrected chi connectivity index (χ3v) is 11.4. The molecule has 0 N–H and O–H groups in total. The Balaban J connectivity index is 1.19. The lowest BCUT2D eigenvalue weighted by Gasteiger charge is -2.18. The predicted molar refractivity (Wildman–Crippen MR) is 213 cm³/mol. The number of hydrogen-bond acceptors (Lipinski definition) is 3. The lowest BCUT2D eigenvalue weighted by atomic mass is 9.85. The molecular formula is C47H27NOS. The second-order valence-corrected chi connectivity index (χ2v) is 14.1. The maximum absolute atomic E-state index is 6.57. The van der Waals surface area contributed by atoms with Gasteiger partial charge in [0, 0.05) is 31.1 Å². The summed E-state index contributed by atoms with van der Waals surface area (Å²) in [5, 5.41) is 12.2. The smallest absolute Gasteiger partial charge is 0.227 e. The second kappa shape index (κ2) is 10.6. The fourth-order valence-corrected chi connectivity index (χ4v) is 9.10. The molecule has 0 saturated heterocycles. The van der Waals surface area contributed by atoms with Crippen molar-refractivity contribution in [3.05, 3.63) is 164 Å². The SMILES string of the molecule is c1ccc(-c2nc3ccc4ccc5ccc(-c6c7ccccc7c(-c7ccc8sc9ccccc9c8c7)c7ccccc67)cc5c4c3o2)cc1. The summed E-state index contributed by atoms with van der Waals surface area (Å²) in [5.41, 5.74) is 7.61. The standard InChI is InChI=1S/C47H27NOS/c1-2-10-30(11-3-1)47-48-40-24-22-29-20-18-28-19-21-31(26-38(28)45(29)46(40)49-47)43-34-13-4-6-15-36(34)44(37-16-7-5-14-35(37)43)32-23-25-42-39(27-32)33-12-8-9-17-41(33)50-42/h1-27H. The largest absolute Gasteiger partial charge is 0.435 e. The molecule has 232 valence electrons. The summed E-state index contributed by atoms with van der Waals surface area (Å²) < 4.78 is 9.21. The van der Waals surface area contributed by atoms with Gasteiger partial charge in [-0.1, -0.05) is 121 Å². The van der Waals surface area contributed by atoms with Crippen LogP contribution in [0.3, 0.4) is 0 Å². The number of hydrogen-bond donors (Lipinski definition) is 0. The van der Waals surface area contributed by atoms with Gasteiger partial charge in [-0.15, -0.1) is 11.3 Å². The van der Waals surface area contributed by atoms with Crippen molar-refractivity contribution in [2.45, 2.75) is 0 Å². The molecule has 0 saturated carbocycles. The zero-order valence-corrected chi connectivity index (χ0v) is 27.7. The van der Waals surface area contributed by atoms with E-state index in [1.807, 2.05) is 41.7 Å². The van der Waals surface area contributed by atoms with E-state index in [4.69, 9.17) is 9.40 Å². The minimum atomic E-state index is 0.641.